The van der Waals surface area contributed by atoms with Gasteiger partial charge in [0, 0.05) is 36.6 Å². The first kappa shape index (κ1) is 32.0. The summed E-state index contributed by atoms with van der Waals surface area (Å²) in [5.74, 6) is 1.26. The molecule has 0 aliphatic rings. The average molecular weight is 544 g/mol. The fourth-order valence-corrected chi connectivity index (χ4v) is 4.45. The molecule has 1 unspecified atom stereocenters. The van der Waals surface area contributed by atoms with Crippen molar-refractivity contribution in [1.29, 1.82) is 0 Å². The van der Waals surface area contributed by atoms with Crippen molar-refractivity contribution >= 4 is 23.9 Å². The number of rotatable bonds is 12. The van der Waals surface area contributed by atoms with Crippen LogP contribution in [0.15, 0.2) is 59.6 Å². The van der Waals surface area contributed by atoms with Gasteiger partial charge in [-0.1, -0.05) is 65.0 Å². The van der Waals surface area contributed by atoms with Crippen LogP contribution in [-0.2, 0) is 25.7 Å². The second-order valence-corrected chi connectivity index (χ2v) is 9.89. The number of alkyl halides is 3. The fourth-order valence-electron chi connectivity index (χ4n) is 4.45. The molecule has 0 aliphatic carbocycles. The molecule has 8 heteroatoms. The molecule has 39 heavy (non-hydrogen) atoms. The monoisotopic (exact) mass is 543 g/mol. The van der Waals surface area contributed by atoms with Gasteiger partial charge in [0.25, 0.3) is 0 Å². The second-order valence-electron chi connectivity index (χ2n) is 9.89. The summed E-state index contributed by atoms with van der Waals surface area (Å²) in [6, 6.07) is 15.4. The molecule has 0 saturated heterocycles. The van der Waals surface area contributed by atoms with Gasteiger partial charge in [-0.15, -0.1) is 0 Å². The Bertz CT molecular complexity index is 1150. The Balaban J connectivity index is 0.00000260. The van der Waals surface area contributed by atoms with Crippen LogP contribution < -0.4 is 10.6 Å². The predicted octanol–water partition coefficient (Wildman–Crippen LogP) is 8.09. The zero-order valence-electron chi connectivity index (χ0n) is 24.4. The average Bonchev–Trinajstić information content (AvgIpc) is 3.16. The highest BCUT2D eigenvalue weighted by Crippen LogP contribution is 2.37. The number of halogens is 3. The summed E-state index contributed by atoms with van der Waals surface area (Å²) in [4.78, 5) is 6.42. The topological polar surface area (TPSA) is 44.6 Å². The van der Waals surface area contributed by atoms with Gasteiger partial charge in [-0.2, -0.15) is 13.2 Å². The molecule has 0 radical (unpaired) electrons. The Morgan fingerprint density at radius 2 is 1.62 bits per heavy atom. The van der Waals surface area contributed by atoms with Gasteiger partial charge >= 0.3 is 6.18 Å². The van der Waals surface area contributed by atoms with Gasteiger partial charge in [0.15, 0.2) is 0 Å². The standard InChI is InChI=1S/C29H38F3N5.C2H6/c1-7-26-27(34-17-25(33-4)20(2)3)24(19-36(5)6)28(35-23-11-9-8-10-12-23)37(26)18-21-13-15-22(16-14-21)29(30,31)32;1-2/h8-16,20,25,34-35H,4,7,17-19H2,1-3,5-6H3;1-2H3. The van der Waals surface area contributed by atoms with Gasteiger partial charge in [0.05, 0.1) is 17.3 Å². The minimum Gasteiger partial charge on any atom is -0.381 e. The van der Waals surface area contributed by atoms with Gasteiger partial charge in [0.1, 0.15) is 5.82 Å². The Labute approximate surface area is 232 Å². The van der Waals surface area contributed by atoms with Crippen molar-refractivity contribution in [2.45, 2.75) is 66.3 Å². The molecular formula is C31H44F3N5. The van der Waals surface area contributed by atoms with Crippen LogP contribution in [0.5, 0.6) is 0 Å². The van der Waals surface area contributed by atoms with Gasteiger partial charge < -0.3 is 20.1 Å². The predicted molar refractivity (Wildman–Crippen MR) is 159 cm³/mol. The number of aliphatic imine (C=N–C) groups is 1. The summed E-state index contributed by atoms with van der Waals surface area (Å²) in [6.45, 7) is 15.9. The number of para-hydroxylation sites is 1. The lowest BCUT2D eigenvalue weighted by molar-refractivity contribution is -0.137. The summed E-state index contributed by atoms with van der Waals surface area (Å²) in [5, 5.41) is 7.26. The van der Waals surface area contributed by atoms with Crippen molar-refractivity contribution in [2.75, 3.05) is 31.3 Å². The third-order valence-electron chi connectivity index (χ3n) is 6.43. The zero-order valence-corrected chi connectivity index (χ0v) is 24.4. The van der Waals surface area contributed by atoms with Crippen LogP contribution in [0, 0.1) is 5.92 Å². The van der Waals surface area contributed by atoms with E-state index in [2.05, 4.69) is 52.6 Å². The van der Waals surface area contributed by atoms with E-state index in [9.17, 15) is 13.2 Å². The molecule has 0 aliphatic heterocycles. The second kappa shape index (κ2) is 14.8. The SMILES string of the molecule is C=NC(CNc1c(CN(C)C)c(Nc2ccccc2)n(Cc2ccc(C(F)(F)F)cc2)c1CC)C(C)C.CC. The highest BCUT2D eigenvalue weighted by atomic mass is 19.4. The quantitative estimate of drug-likeness (QED) is 0.227. The number of hydrogen-bond acceptors (Lipinski definition) is 4. The molecule has 5 nitrogen and oxygen atoms in total. The van der Waals surface area contributed by atoms with Crippen LogP contribution >= 0.6 is 0 Å². The fraction of sp³-hybridized carbons (Fsp3) is 0.452. The number of anilines is 3. The first-order valence-electron chi connectivity index (χ1n) is 13.6. The van der Waals surface area contributed by atoms with E-state index in [-0.39, 0.29) is 6.04 Å². The lowest BCUT2D eigenvalue weighted by Gasteiger charge is -2.19. The van der Waals surface area contributed by atoms with Gasteiger partial charge in [-0.3, -0.25) is 4.99 Å². The van der Waals surface area contributed by atoms with Crippen LogP contribution in [0.1, 0.15) is 57.0 Å². The first-order valence-corrected chi connectivity index (χ1v) is 13.6. The van der Waals surface area contributed by atoms with Crippen molar-refractivity contribution in [3.05, 3.63) is 77.0 Å². The molecule has 0 spiro atoms. The molecule has 214 valence electrons. The van der Waals surface area contributed by atoms with E-state index >= 15 is 0 Å². The van der Waals surface area contributed by atoms with E-state index in [4.69, 9.17) is 0 Å². The van der Waals surface area contributed by atoms with Gasteiger partial charge in [-0.05, 0) is 63.0 Å². The molecule has 1 heterocycles. The van der Waals surface area contributed by atoms with Crippen LogP contribution in [-0.4, -0.2) is 42.9 Å². The summed E-state index contributed by atoms with van der Waals surface area (Å²) in [5.41, 5.74) is 4.32. The van der Waals surface area contributed by atoms with E-state index < -0.39 is 11.7 Å². The van der Waals surface area contributed by atoms with Crippen molar-refractivity contribution in [3.8, 4) is 0 Å². The third-order valence-corrected chi connectivity index (χ3v) is 6.43. The Morgan fingerprint density at radius 3 is 2.10 bits per heavy atom. The third kappa shape index (κ3) is 8.62. The van der Waals surface area contributed by atoms with Crippen LogP contribution in [0.3, 0.4) is 0 Å². The maximum absolute atomic E-state index is 13.1. The molecule has 2 N–H and O–H groups in total. The zero-order chi connectivity index (χ0) is 29.2. The number of benzene rings is 2. The first-order chi connectivity index (χ1) is 18.5. The van der Waals surface area contributed by atoms with Gasteiger partial charge in [0.2, 0.25) is 0 Å². The van der Waals surface area contributed by atoms with E-state index in [1.54, 1.807) is 12.1 Å². The maximum atomic E-state index is 13.1. The molecule has 3 aromatic rings. The van der Waals surface area contributed by atoms with E-state index in [0.29, 0.717) is 25.6 Å². The summed E-state index contributed by atoms with van der Waals surface area (Å²) < 4.78 is 41.6. The number of aromatic nitrogens is 1. The van der Waals surface area contributed by atoms with Crippen LogP contribution in [0.25, 0.3) is 0 Å². The number of hydrogen-bond donors (Lipinski definition) is 2. The van der Waals surface area contributed by atoms with Crippen molar-refractivity contribution in [2.24, 2.45) is 10.9 Å². The molecule has 1 atom stereocenters. The molecule has 3 rings (SSSR count). The molecule has 0 saturated carbocycles. The molecule has 0 bridgehead atoms. The Hall–Kier alpha value is -3.26. The van der Waals surface area contributed by atoms with E-state index in [1.807, 2.05) is 58.3 Å². The Kier molecular flexibility index (Phi) is 12.1. The molecular weight excluding hydrogens is 499 g/mol. The normalized spacial score (nSPS) is 12.2. The van der Waals surface area contributed by atoms with Crippen molar-refractivity contribution in [1.82, 2.24) is 9.47 Å². The Morgan fingerprint density at radius 1 is 1.00 bits per heavy atom. The lowest BCUT2D eigenvalue weighted by Crippen LogP contribution is -2.24. The van der Waals surface area contributed by atoms with Crippen molar-refractivity contribution < 1.29 is 13.2 Å². The summed E-state index contributed by atoms with van der Waals surface area (Å²) in [6.07, 6.45) is -3.61. The molecule has 1 aromatic heterocycles. The number of nitrogens with zero attached hydrogens (tertiary/aromatic N) is 3. The lowest BCUT2D eigenvalue weighted by atomic mass is 10.0. The number of nitrogens with one attached hydrogen (secondary N) is 2. The molecule has 2 aromatic carbocycles. The summed E-state index contributed by atoms with van der Waals surface area (Å²) >= 11 is 0. The highest BCUT2D eigenvalue weighted by Gasteiger charge is 2.30. The maximum Gasteiger partial charge on any atom is 0.416 e. The highest BCUT2D eigenvalue weighted by molar-refractivity contribution is 5.73. The van der Waals surface area contributed by atoms with E-state index in [0.717, 1.165) is 52.6 Å². The van der Waals surface area contributed by atoms with Crippen molar-refractivity contribution in [3.63, 3.8) is 0 Å². The van der Waals surface area contributed by atoms with E-state index in [1.165, 1.54) is 0 Å². The van der Waals surface area contributed by atoms with Crippen LogP contribution in [0.2, 0.25) is 0 Å². The molecule has 0 fully saturated rings. The minimum absolute atomic E-state index is 0.0562. The smallest absolute Gasteiger partial charge is 0.381 e. The van der Waals surface area contributed by atoms with Gasteiger partial charge in [-0.25, -0.2) is 0 Å². The van der Waals surface area contributed by atoms with Crippen LogP contribution in [0.4, 0.5) is 30.4 Å². The molecule has 0 amide bonds. The largest absolute Gasteiger partial charge is 0.416 e. The minimum atomic E-state index is -4.36. The summed E-state index contributed by atoms with van der Waals surface area (Å²) in [7, 11) is 4.05.